The molecule has 1 fully saturated rings. The van der Waals surface area contributed by atoms with E-state index in [0.29, 0.717) is 18.3 Å². The molecule has 0 radical (unpaired) electrons. The van der Waals surface area contributed by atoms with E-state index < -0.39 is 0 Å². The van der Waals surface area contributed by atoms with Crippen molar-refractivity contribution in [3.05, 3.63) is 53.8 Å². The summed E-state index contributed by atoms with van der Waals surface area (Å²) in [6.45, 7) is 4.96. The van der Waals surface area contributed by atoms with Gasteiger partial charge >= 0.3 is 0 Å². The molecule has 0 saturated heterocycles. The molecular weight excluding hydrogens is 359 g/mol. The molecule has 0 spiro atoms. The minimum atomic E-state index is -0.274. The van der Waals surface area contributed by atoms with E-state index in [9.17, 15) is 4.39 Å². The van der Waals surface area contributed by atoms with Crippen LogP contribution in [-0.2, 0) is 0 Å². The maximum absolute atomic E-state index is 14.4. The Balaban J connectivity index is 1.56. The van der Waals surface area contributed by atoms with Crippen LogP contribution in [0.1, 0.15) is 89.5 Å². The lowest BCUT2D eigenvalue weighted by Crippen LogP contribution is -2.13. The molecule has 0 N–H and O–H groups in total. The fraction of sp³-hybridized carbons (Fsp3) is 0.556. The number of hydrogen-bond acceptors (Lipinski definition) is 1. The smallest absolute Gasteiger partial charge is 0.165 e. The standard InChI is InChI=1S/C27H37FO/c1-3-5-7-8-21-9-11-22(12-10-21)23-13-15-24(16-14-23)25-17-18-27(26(28)20-25)29-19-6-4-2/h13-18,20-22H,3-12,19H2,1-2H3. The lowest BCUT2D eigenvalue weighted by Gasteiger charge is -2.29. The molecule has 3 rings (SSSR count). The van der Waals surface area contributed by atoms with Crippen molar-refractivity contribution in [2.24, 2.45) is 5.92 Å². The van der Waals surface area contributed by atoms with Gasteiger partial charge in [-0.1, -0.05) is 76.3 Å². The van der Waals surface area contributed by atoms with Gasteiger partial charge in [-0.2, -0.15) is 0 Å². The highest BCUT2D eigenvalue weighted by atomic mass is 19.1. The van der Waals surface area contributed by atoms with E-state index in [2.05, 4.69) is 38.1 Å². The maximum atomic E-state index is 14.4. The summed E-state index contributed by atoms with van der Waals surface area (Å²) in [4.78, 5) is 0. The minimum Gasteiger partial charge on any atom is -0.491 e. The van der Waals surface area contributed by atoms with Gasteiger partial charge in [0.2, 0.25) is 0 Å². The van der Waals surface area contributed by atoms with Gasteiger partial charge in [0.25, 0.3) is 0 Å². The van der Waals surface area contributed by atoms with Gasteiger partial charge in [-0.05, 0) is 72.8 Å². The van der Waals surface area contributed by atoms with Crippen molar-refractivity contribution < 1.29 is 9.13 Å². The molecule has 0 aromatic heterocycles. The largest absolute Gasteiger partial charge is 0.491 e. The second kappa shape index (κ2) is 11.4. The topological polar surface area (TPSA) is 9.23 Å². The monoisotopic (exact) mass is 396 g/mol. The highest BCUT2D eigenvalue weighted by Gasteiger charge is 2.22. The molecule has 2 aromatic carbocycles. The molecule has 0 bridgehead atoms. The minimum absolute atomic E-state index is 0.274. The predicted octanol–water partition coefficient (Wildman–Crippen LogP) is 8.53. The van der Waals surface area contributed by atoms with Crippen LogP contribution >= 0.6 is 0 Å². The summed E-state index contributed by atoms with van der Waals surface area (Å²) in [6, 6.07) is 14.1. The number of unbranched alkanes of at least 4 members (excludes halogenated alkanes) is 3. The Bertz CT molecular complexity index is 729. The first-order valence-corrected chi connectivity index (χ1v) is 11.7. The zero-order chi connectivity index (χ0) is 20.5. The molecule has 2 heteroatoms. The highest BCUT2D eigenvalue weighted by molar-refractivity contribution is 5.64. The summed E-state index contributed by atoms with van der Waals surface area (Å²) in [5, 5.41) is 0. The van der Waals surface area contributed by atoms with E-state index in [1.54, 1.807) is 12.1 Å². The molecule has 1 aliphatic rings. The average molecular weight is 397 g/mol. The summed E-state index contributed by atoms with van der Waals surface area (Å²) in [7, 11) is 0. The fourth-order valence-corrected chi connectivity index (χ4v) is 4.54. The lowest BCUT2D eigenvalue weighted by atomic mass is 9.77. The van der Waals surface area contributed by atoms with Crippen LogP contribution in [-0.4, -0.2) is 6.61 Å². The Kier molecular flexibility index (Phi) is 8.58. The Morgan fingerprint density at radius 3 is 2.17 bits per heavy atom. The molecule has 1 saturated carbocycles. The van der Waals surface area contributed by atoms with Crippen LogP contribution in [0, 0.1) is 11.7 Å². The van der Waals surface area contributed by atoms with E-state index >= 15 is 0 Å². The second-order valence-electron chi connectivity index (χ2n) is 8.68. The van der Waals surface area contributed by atoms with Crippen molar-refractivity contribution in [2.45, 2.75) is 84.0 Å². The fourth-order valence-electron chi connectivity index (χ4n) is 4.54. The van der Waals surface area contributed by atoms with Gasteiger partial charge in [0.05, 0.1) is 6.61 Å². The van der Waals surface area contributed by atoms with E-state index in [4.69, 9.17) is 4.74 Å². The number of benzene rings is 2. The molecule has 29 heavy (non-hydrogen) atoms. The Morgan fingerprint density at radius 2 is 1.52 bits per heavy atom. The van der Waals surface area contributed by atoms with Crippen LogP contribution in [0.2, 0.25) is 0 Å². The Labute approximate surface area is 176 Å². The van der Waals surface area contributed by atoms with Gasteiger partial charge in [-0.15, -0.1) is 0 Å². The van der Waals surface area contributed by atoms with Crippen molar-refractivity contribution in [1.29, 1.82) is 0 Å². The molecule has 0 aliphatic heterocycles. The number of halogens is 1. The van der Waals surface area contributed by atoms with Crippen LogP contribution in [0.3, 0.4) is 0 Å². The lowest BCUT2D eigenvalue weighted by molar-refractivity contribution is 0.294. The molecule has 1 aliphatic carbocycles. The third kappa shape index (κ3) is 6.32. The Morgan fingerprint density at radius 1 is 0.828 bits per heavy atom. The van der Waals surface area contributed by atoms with Crippen molar-refractivity contribution in [3.8, 4) is 16.9 Å². The van der Waals surface area contributed by atoms with Crippen LogP contribution in [0.5, 0.6) is 5.75 Å². The molecule has 1 nitrogen and oxygen atoms in total. The first-order chi connectivity index (χ1) is 14.2. The second-order valence-corrected chi connectivity index (χ2v) is 8.68. The van der Waals surface area contributed by atoms with Crippen molar-refractivity contribution in [3.63, 3.8) is 0 Å². The third-order valence-electron chi connectivity index (χ3n) is 6.47. The van der Waals surface area contributed by atoms with Gasteiger partial charge in [-0.25, -0.2) is 4.39 Å². The molecule has 0 heterocycles. The first kappa shape index (κ1) is 21.9. The Hall–Kier alpha value is -1.83. The van der Waals surface area contributed by atoms with E-state index in [-0.39, 0.29) is 5.82 Å². The average Bonchev–Trinajstić information content (AvgIpc) is 2.76. The van der Waals surface area contributed by atoms with E-state index in [1.165, 1.54) is 56.9 Å². The van der Waals surface area contributed by atoms with Gasteiger partial charge < -0.3 is 4.74 Å². The number of hydrogen-bond donors (Lipinski definition) is 0. The zero-order valence-electron chi connectivity index (χ0n) is 18.3. The van der Waals surface area contributed by atoms with E-state index in [1.807, 2.05) is 6.07 Å². The van der Waals surface area contributed by atoms with Crippen LogP contribution < -0.4 is 4.74 Å². The van der Waals surface area contributed by atoms with Gasteiger partial charge in [0.1, 0.15) is 0 Å². The summed E-state index contributed by atoms with van der Waals surface area (Å²) in [5.74, 6) is 1.72. The van der Waals surface area contributed by atoms with Crippen molar-refractivity contribution in [2.75, 3.05) is 6.61 Å². The normalized spacial score (nSPS) is 19.3. The zero-order valence-corrected chi connectivity index (χ0v) is 18.3. The quantitative estimate of drug-likeness (QED) is 0.366. The first-order valence-electron chi connectivity index (χ1n) is 11.7. The van der Waals surface area contributed by atoms with Gasteiger partial charge in [-0.3, -0.25) is 0 Å². The van der Waals surface area contributed by atoms with Crippen LogP contribution in [0.25, 0.3) is 11.1 Å². The van der Waals surface area contributed by atoms with Crippen molar-refractivity contribution >= 4 is 0 Å². The predicted molar refractivity (Wildman–Crippen MR) is 121 cm³/mol. The summed E-state index contributed by atoms with van der Waals surface area (Å²) < 4.78 is 19.9. The van der Waals surface area contributed by atoms with Crippen LogP contribution in [0.15, 0.2) is 42.5 Å². The van der Waals surface area contributed by atoms with E-state index in [0.717, 1.165) is 29.9 Å². The van der Waals surface area contributed by atoms with Crippen LogP contribution in [0.4, 0.5) is 4.39 Å². The molecule has 2 aromatic rings. The highest BCUT2D eigenvalue weighted by Crippen LogP contribution is 2.38. The molecule has 0 amide bonds. The molecule has 0 unspecified atom stereocenters. The van der Waals surface area contributed by atoms with Gasteiger partial charge in [0, 0.05) is 0 Å². The summed E-state index contributed by atoms with van der Waals surface area (Å²) in [6.07, 6.45) is 12.9. The summed E-state index contributed by atoms with van der Waals surface area (Å²) in [5.41, 5.74) is 3.43. The molecule has 0 atom stereocenters. The molecule has 158 valence electrons. The van der Waals surface area contributed by atoms with Crippen molar-refractivity contribution in [1.82, 2.24) is 0 Å². The SMILES string of the molecule is CCCCCC1CCC(c2ccc(-c3ccc(OCCCC)c(F)c3)cc2)CC1. The van der Waals surface area contributed by atoms with Gasteiger partial charge in [0.15, 0.2) is 11.6 Å². The molecular formula is C27H37FO. The number of rotatable bonds is 10. The summed E-state index contributed by atoms with van der Waals surface area (Å²) >= 11 is 0. The number of ether oxygens (including phenoxy) is 1. The maximum Gasteiger partial charge on any atom is 0.165 e. The third-order valence-corrected chi connectivity index (χ3v) is 6.47.